The van der Waals surface area contributed by atoms with Crippen molar-refractivity contribution in [1.29, 1.82) is 0 Å². The summed E-state index contributed by atoms with van der Waals surface area (Å²) in [5.41, 5.74) is 0.466. The quantitative estimate of drug-likeness (QED) is 0.848. The minimum Gasteiger partial charge on any atom is -0.465 e. The van der Waals surface area contributed by atoms with E-state index in [0.29, 0.717) is 13.2 Å². The average molecular weight is 307 g/mol. The van der Waals surface area contributed by atoms with Gasteiger partial charge in [-0.15, -0.1) is 0 Å². The Morgan fingerprint density at radius 3 is 2.67 bits per heavy atom. The van der Waals surface area contributed by atoms with Crippen molar-refractivity contribution >= 4 is 17.7 Å². The molecule has 116 valence electrons. The van der Waals surface area contributed by atoms with Gasteiger partial charge in [-0.05, 0) is 30.1 Å². The molecule has 0 amide bonds. The molecule has 1 unspecified atom stereocenters. The van der Waals surface area contributed by atoms with Gasteiger partial charge in [0, 0.05) is 12.3 Å². The Kier molecular flexibility index (Phi) is 5.33. The number of hydrogen-bond acceptors (Lipinski definition) is 4. The average Bonchev–Trinajstić information content (AvgIpc) is 2.47. The molecule has 0 radical (unpaired) electrons. The third-order valence-electron chi connectivity index (χ3n) is 4.41. The number of esters is 1. The Morgan fingerprint density at radius 2 is 2.05 bits per heavy atom. The minimum atomic E-state index is -0.609. The van der Waals surface area contributed by atoms with Crippen LogP contribution in [0, 0.1) is 5.41 Å². The van der Waals surface area contributed by atoms with Crippen LogP contribution < -0.4 is 5.32 Å². The molecule has 4 heteroatoms. The number of carbonyl (C=O) groups excluding carboxylic acids is 1. The molecule has 0 aliphatic carbocycles. The summed E-state index contributed by atoms with van der Waals surface area (Å²) in [6.45, 7) is 7.31. The van der Waals surface area contributed by atoms with Crippen LogP contribution in [0.4, 0.5) is 0 Å². The second-order valence-electron chi connectivity index (χ2n) is 6.15. The molecule has 0 bridgehead atoms. The largest absolute Gasteiger partial charge is 0.465 e. The zero-order valence-electron chi connectivity index (χ0n) is 13.1. The van der Waals surface area contributed by atoms with Gasteiger partial charge in [0.25, 0.3) is 0 Å². The smallest absolute Gasteiger partial charge is 0.327 e. The lowest BCUT2D eigenvalue weighted by Crippen LogP contribution is -2.65. The van der Waals surface area contributed by atoms with Crippen molar-refractivity contribution in [1.82, 2.24) is 5.32 Å². The summed E-state index contributed by atoms with van der Waals surface area (Å²) < 4.78 is 5.39. The molecule has 0 spiro atoms. The first-order chi connectivity index (χ1) is 10.0. The van der Waals surface area contributed by atoms with Gasteiger partial charge in [0.2, 0.25) is 0 Å². The summed E-state index contributed by atoms with van der Waals surface area (Å²) in [5.74, 6) is 1.76. The third-order valence-corrected chi connectivity index (χ3v) is 5.54. The van der Waals surface area contributed by atoms with E-state index in [2.05, 4.69) is 31.3 Å². The molecule has 1 heterocycles. The first-order valence-corrected chi connectivity index (χ1v) is 8.71. The molecule has 2 rings (SSSR count). The molecule has 1 fully saturated rings. The summed E-state index contributed by atoms with van der Waals surface area (Å²) in [6, 6.07) is 10.2. The lowest BCUT2D eigenvalue weighted by atomic mass is 9.70. The predicted molar refractivity (Wildman–Crippen MR) is 88.4 cm³/mol. The summed E-state index contributed by atoms with van der Waals surface area (Å²) in [4.78, 5) is 12.7. The van der Waals surface area contributed by atoms with Crippen molar-refractivity contribution in [3.8, 4) is 0 Å². The maximum Gasteiger partial charge on any atom is 0.327 e. The maximum absolute atomic E-state index is 12.7. The second-order valence-corrected chi connectivity index (χ2v) is 7.26. The number of rotatable bonds is 5. The molecule has 0 saturated carbocycles. The van der Waals surface area contributed by atoms with E-state index < -0.39 is 5.54 Å². The summed E-state index contributed by atoms with van der Waals surface area (Å²) in [6.07, 6.45) is 1.01. The fourth-order valence-electron chi connectivity index (χ4n) is 2.76. The van der Waals surface area contributed by atoms with Crippen LogP contribution in [0.2, 0.25) is 0 Å². The lowest BCUT2D eigenvalue weighted by Gasteiger charge is -2.48. The number of hydrogen-bond donors (Lipinski definition) is 1. The molecule has 1 aliphatic rings. The van der Waals surface area contributed by atoms with Crippen molar-refractivity contribution in [2.75, 3.05) is 18.1 Å². The molecular weight excluding hydrogens is 282 g/mol. The van der Waals surface area contributed by atoms with Gasteiger partial charge in [-0.1, -0.05) is 44.2 Å². The van der Waals surface area contributed by atoms with Crippen LogP contribution in [0.25, 0.3) is 0 Å². The van der Waals surface area contributed by atoms with E-state index in [-0.39, 0.29) is 11.4 Å². The fourth-order valence-corrected chi connectivity index (χ4v) is 4.48. The molecule has 1 atom stereocenters. The van der Waals surface area contributed by atoms with Crippen LogP contribution in [-0.2, 0) is 16.1 Å². The Morgan fingerprint density at radius 1 is 1.33 bits per heavy atom. The number of benzene rings is 1. The maximum atomic E-state index is 12.7. The van der Waals surface area contributed by atoms with Crippen LogP contribution in [0.5, 0.6) is 0 Å². The molecule has 21 heavy (non-hydrogen) atoms. The minimum absolute atomic E-state index is 0.112. The molecule has 1 aliphatic heterocycles. The van der Waals surface area contributed by atoms with Crippen LogP contribution in [-0.4, -0.2) is 29.6 Å². The standard InChI is InChI=1S/C17H25NO2S/c1-4-20-15(19)17(13-21-11-10-16(17,2)3)18-12-14-8-6-5-7-9-14/h5-9,18H,4,10-13H2,1-3H3. The van der Waals surface area contributed by atoms with Crippen molar-refractivity contribution in [2.45, 2.75) is 39.3 Å². The lowest BCUT2D eigenvalue weighted by molar-refractivity contribution is -0.156. The second kappa shape index (κ2) is 6.84. The van der Waals surface area contributed by atoms with Gasteiger partial charge in [0.15, 0.2) is 0 Å². The van der Waals surface area contributed by atoms with Crippen LogP contribution >= 0.6 is 11.8 Å². The molecular formula is C17H25NO2S. The number of carbonyl (C=O) groups is 1. The van der Waals surface area contributed by atoms with Gasteiger partial charge in [-0.2, -0.15) is 11.8 Å². The van der Waals surface area contributed by atoms with Crippen LogP contribution in [0.1, 0.15) is 32.8 Å². The van der Waals surface area contributed by atoms with E-state index in [1.807, 2.05) is 36.9 Å². The van der Waals surface area contributed by atoms with Gasteiger partial charge in [0.05, 0.1) is 6.61 Å². The summed E-state index contributed by atoms with van der Waals surface area (Å²) >= 11 is 1.83. The van der Waals surface area contributed by atoms with E-state index >= 15 is 0 Å². The Bertz CT molecular complexity index is 475. The van der Waals surface area contributed by atoms with E-state index in [1.165, 1.54) is 5.56 Å². The van der Waals surface area contributed by atoms with E-state index in [1.54, 1.807) is 0 Å². The van der Waals surface area contributed by atoms with Gasteiger partial charge in [-0.3, -0.25) is 5.32 Å². The van der Waals surface area contributed by atoms with Gasteiger partial charge in [-0.25, -0.2) is 4.79 Å². The van der Waals surface area contributed by atoms with Crippen LogP contribution in [0.15, 0.2) is 30.3 Å². The predicted octanol–water partition coefficient (Wildman–Crippen LogP) is 3.24. The fraction of sp³-hybridized carbons (Fsp3) is 0.588. The van der Waals surface area contributed by atoms with E-state index in [0.717, 1.165) is 17.9 Å². The van der Waals surface area contributed by atoms with E-state index in [4.69, 9.17) is 4.74 Å². The van der Waals surface area contributed by atoms with Crippen molar-refractivity contribution in [3.63, 3.8) is 0 Å². The molecule has 1 aromatic rings. The zero-order chi connectivity index (χ0) is 15.3. The number of thioether (sulfide) groups is 1. The summed E-state index contributed by atoms with van der Waals surface area (Å²) in [7, 11) is 0. The number of nitrogens with one attached hydrogen (secondary N) is 1. The van der Waals surface area contributed by atoms with Crippen LogP contribution in [0.3, 0.4) is 0 Å². The third kappa shape index (κ3) is 3.43. The van der Waals surface area contributed by atoms with Crippen molar-refractivity contribution in [3.05, 3.63) is 35.9 Å². The first kappa shape index (κ1) is 16.4. The van der Waals surface area contributed by atoms with Crippen molar-refractivity contribution < 1.29 is 9.53 Å². The van der Waals surface area contributed by atoms with Crippen molar-refractivity contribution in [2.24, 2.45) is 5.41 Å². The highest BCUT2D eigenvalue weighted by Crippen LogP contribution is 2.43. The highest BCUT2D eigenvalue weighted by molar-refractivity contribution is 7.99. The topological polar surface area (TPSA) is 38.3 Å². The Balaban J connectivity index is 2.21. The molecule has 0 aromatic heterocycles. The van der Waals surface area contributed by atoms with Gasteiger partial charge in [0.1, 0.15) is 5.54 Å². The molecule has 1 aromatic carbocycles. The zero-order valence-corrected chi connectivity index (χ0v) is 14.0. The first-order valence-electron chi connectivity index (χ1n) is 7.56. The summed E-state index contributed by atoms with van der Waals surface area (Å²) in [5, 5.41) is 3.53. The monoisotopic (exact) mass is 307 g/mol. The van der Waals surface area contributed by atoms with Gasteiger partial charge >= 0.3 is 5.97 Å². The SMILES string of the molecule is CCOC(=O)C1(NCc2ccccc2)CSCCC1(C)C. The highest BCUT2D eigenvalue weighted by Gasteiger charge is 2.53. The Labute approximate surface area is 131 Å². The van der Waals surface area contributed by atoms with E-state index in [9.17, 15) is 4.79 Å². The Hall–Kier alpha value is -1.00. The molecule has 1 N–H and O–H groups in total. The number of ether oxygens (including phenoxy) is 1. The highest BCUT2D eigenvalue weighted by atomic mass is 32.2. The normalized spacial score (nSPS) is 24.5. The molecule has 1 saturated heterocycles. The molecule has 3 nitrogen and oxygen atoms in total. The van der Waals surface area contributed by atoms with Gasteiger partial charge < -0.3 is 4.74 Å².